The Hall–Kier alpha value is -0.400. The van der Waals surface area contributed by atoms with Gasteiger partial charge in [-0.25, -0.2) is 0 Å². The third kappa shape index (κ3) is 3.83. The summed E-state index contributed by atoms with van der Waals surface area (Å²) in [7, 11) is 0. The lowest BCUT2D eigenvalue weighted by Crippen LogP contribution is -2.50. The van der Waals surface area contributed by atoms with Gasteiger partial charge in [0, 0.05) is 44.6 Å². The Labute approximate surface area is 125 Å². The van der Waals surface area contributed by atoms with Crippen LogP contribution in [0.25, 0.3) is 0 Å². The molecule has 0 spiro atoms. The number of hydrogen-bond acceptors (Lipinski definition) is 5. The molecule has 1 amide bonds. The number of aliphatic hydroxyl groups excluding tert-OH is 3. The number of aliphatic hydroxyl groups is 3. The second-order valence-electron chi connectivity index (χ2n) is 5.71. The van der Waals surface area contributed by atoms with Crippen LogP contribution in [-0.2, 0) is 4.79 Å². The van der Waals surface area contributed by atoms with Gasteiger partial charge in [0.25, 0.3) is 0 Å². The van der Waals surface area contributed by atoms with Crippen LogP contribution in [0.5, 0.6) is 0 Å². The van der Waals surface area contributed by atoms with Gasteiger partial charge in [0.2, 0.25) is 5.91 Å². The molecule has 6 nitrogen and oxygen atoms in total. The summed E-state index contributed by atoms with van der Waals surface area (Å²) in [6, 6.07) is 0.0981. The molecule has 2 rings (SSSR count). The number of amides is 1. The molecule has 4 N–H and O–H groups in total. The number of halogens is 1. The quantitative estimate of drug-likeness (QED) is 0.543. The fourth-order valence-electron chi connectivity index (χ4n) is 3.13. The highest BCUT2D eigenvalue weighted by Gasteiger charge is 2.41. The van der Waals surface area contributed by atoms with E-state index < -0.39 is 12.2 Å². The Bertz CT molecular complexity index is 323. The summed E-state index contributed by atoms with van der Waals surface area (Å²) in [6.45, 7) is 2.96. The molecule has 0 aromatic rings. The number of rotatable bonds is 3. The molecule has 7 heteroatoms. The number of nitrogens with zero attached hydrogens (tertiary/aromatic N) is 1. The molecule has 4 atom stereocenters. The van der Waals surface area contributed by atoms with Crippen LogP contribution in [-0.4, -0.2) is 70.1 Å². The molecule has 0 unspecified atom stereocenters. The fourth-order valence-corrected chi connectivity index (χ4v) is 3.13. The van der Waals surface area contributed by atoms with Crippen LogP contribution in [0.1, 0.15) is 26.2 Å². The Balaban J connectivity index is 0.00000200. The minimum atomic E-state index is -0.847. The molecule has 0 radical (unpaired) electrons. The Morgan fingerprint density at radius 1 is 1.25 bits per heavy atom. The zero-order chi connectivity index (χ0) is 14.0. The van der Waals surface area contributed by atoms with E-state index in [1.807, 2.05) is 4.90 Å². The SMILES string of the molecule is CC(=O)N1CCC(N[C@@H]2C[C@H](CO)[C@@H](O)[C@H]2O)CC1.Cl. The topological polar surface area (TPSA) is 93.0 Å². The van der Waals surface area contributed by atoms with Crippen LogP contribution in [0, 0.1) is 5.92 Å². The van der Waals surface area contributed by atoms with Gasteiger partial charge in [-0.2, -0.15) is 0 Å². The first-order valence-electron chi connectivity index (χ1n) is 7.01. The van der Waals surface area contributed by atoms with Gasteiger partial charge in [0.15, 0.2) is 0 Å². The highest BCUT2D eigenvalue weighted by Crippen LogP contribution is 2.27. The number of carbonyl (C=O) groups excluding carboxylic acids is 1. The molecule has 1 heterocycles. The third-order valence-corrected chi connectivity index (χ3v) is 4.43. The van der Waals surface area contributed by atoms with Gasteiger partial charge >= 0.3 is 0 Å². The number of piperidine rings is 1. The highest BCUT2D eigenvalue weighted by molar-refractivity contribution is 5.85. The largest absolute Gasteiger partial charge is 0.396 e. The van der Waals surface area contributed by atoms with Crippen LogP contribution in [0.15, 0.2) is 0 Å². The molecule has 2 aliphatic rings. The number of nitrogens with one attached hydrogen (secondary N) is 1. The van der Waals surface area contributed by atoms with Crippen molar-refractivity contribution in [3.8, 4) is 0 Å². The van der Waals surface area contributed by atoms with E-state index in [1.165, 1.54) is 0 Å². The van der Waals surface area contributed by atoms with E-state index >= 15 is 0 Å². The van der Waals surface area contributed by atoms with Crippen LogP contribution in [0.3, 0.4) is 0 Å². The van der Waals surface area contributed by atoms with E-state index in [0.29, 0.717) is 6.42 Å². The first-order chi connectivity index (χ1) is 9.02. The van der Waals surface area contributed by atoms with Crippen molar-refractivity contribution in [2.24, 2.45) is 5.92 Å². The zero-order valence-electron chi connectivity index (χ0n) is 11.7. The Morgan fingerprint density at radius 2 is 1.85 bits per heavy atom. The maximum atomic E-state index is 11.2. The standard InChI is InChI=1S/C13H24N2O4.ClH/c1-8(17)15-4-2-10(3-5-15)14-11-6-9(7-16)12(18)13(11)19;/h9-14,16,18-19H,2-7H2,1H3;1H/t9-,11-,12-,13+;/m1./s1. The van der Waals surface area contributed by atoms with Gasteiger partial charge in [-0.15, -0.1) is 12.4 Å². The van der Waals surface area contributed by atoms with Crippen LogP contribution < -0.4 is 5.32 Å². The van der Waals surface area contributed by atoms with Crippen molar-refractivity contribution in [3.63, 3.8) is 0 Å². The minimum absolute atomic E-state index is 0. The summed E-state index contributed by atoms with van der Waals surface area (Å²) >= 11 is 0. The molecular formula is C13H25ClN2O4. The van der Waals surface area contributed by atoms with Gasteiger partial charge < -0.3 is 25.5 Å². The van der Waals surface area contributed by atoms with Crippen LogP contribution in [0.2, 0.25) is 0 Å². The molecule has 0 aromatic heterocycles. The lowest BCUT2D eigenvalue weighted by Gasteiger charge is -2.34. The molecule has 20 heavy (non-hydrogen) atoms. The van der Waals surface area contributed by atoms with E-state index in [-0.39, 0.29) is 42.9 Å². The van der Waals surface area contributed by atoms with Crippen molar-refractivity contribution >= 4 is 18.3 Å². The van der Waals surface area contributed by atoms with Gasteiger partial charge in [0.1, 0.15) is 0 Å². The van der Waals surface area contributed by atoms with Crippen molar-refractivity contribution in [2.75, 3.05) is 19.7 Å². The fraction of sp³-hybridized carbons (Fsp3) is 0.923. The first kappa shape index (κ1) is 17.7. The van der Waals surface area contributed by atoms with Crippen molar-refractivity contribution < 1.29 is 20.1 Å². The van der Waals surface area contributed by atoms with Gasteiger partial charge in [-0.3, -0.25) is 4.79 Å². The van der Waals surface area contributed by atoms with Crippen molar-refractivity contribution in [2.45, 2.75) is 50.5 Å². The number of carbonyl (C=O) groups is 1. The minimum Gasteiger partial charge on any atom is -0.396 e. The summed E-state index contributed by atoms with van der Waals surface area (Å²) in [5, 5.41) is 32.2. The van der Waals surface area contributed by atoms with E-state index in [1.54, 1.807) is 6.92 Å². The third-order valence-electron chi connectivity index (χ3n) is 4.43. The summed E-state index contributed by atoms with van der Waals surface area (Å²) < 4.78 is 0. The summed E-state index contributed by atoms with van der Waals surface area (Å²) in [4.78, 5) is 13.1. The summed E-state index contributed by atoms with van der Waals surface area (Å²) in [6.07, 6.45) is 0.653. The predicted molar refractivity (Wildman–Crippen MR) is 76.7 cm³/mol. The predicted octanol–water partition coefficient (Wildman–Crippen LogP) is -0.889. The second-order valence-corrected chi connectivity index (χ2v) is 5.71. The first-order valence-corrected chi connectivity index (χ1v) is 7.01. The maximum Gasteiger partial charge on any atom is 0.219 e. The number of likely N-dealkylation sites (tertiary alicyclic amines) is 1. The molecule has 1 aliphatic heterocycles. The van der Waals surface area contributed by atoms with Gasteiger partial charge in [0.05, 0.1) is 12.2 Å². The highest BCUT2D eigenvalue weighted by atomic mass is 35.5. The lowest BCUT2D eigenvalue weighted by atomic mass is 10.0. The number of hydrogen-bond donors (Lipinski definition) is 4. The Morgan fingerprint density at radius 3 is 2.30 bits per heavy atom. The molecular weight excluding hydrogens is 284 g/mol. The smallest absolute Gasteiger partial charge is 0.219 e. The molecule has 2 fully saturated rings. The zero-order valence-corrected chi connectivity index (χ0v) is 12.6. The van der Waals surface area contributed by atoms with E-state index in [0.717, 1.165) is 25.9 Å². The maximum absolute atomic E-state index is 11.2. The van der Waals surface area contributed by atoms with E-state index in [2.05, 4.69) is 5.32 Å². The van der Waals surface area contributed by atoms with Crippen LogP contribution >= 0.6 is 12.4 Å². The van der Waals surface area contributed by atoms with Gasteiger partial charge in [-0.1, -0.05) is 0 Å². The average molecular weight is 309 g/mol. The van der Waals surface area contributed by atoms with E-state index in [9.17, 15) is 15.0 Å². The van der Waals surface area contributed by atoms with Gasteiger partial charge in [-0.05, 0) is 19.3 Å². The van der Waals surface area contributed by atoms with Crippen molar-refractivity contribution in [1.29, 1.82) is 0 Å². The molecule has 118 valence electrons. The molecule has 1 saturated heterocycles. The summed E-state index contributed by atoms with van der Waals surface area (Å²) in [5.74, 6) is -0.139. The lowest BCUT2D eigenvalue weighted by molar-refractivity contribution is -0.129. The Kier molecular flexibility index (Phi) is 6.68. The van der Waals surface area contributed by atoms with Crippen LogP contribution in [0.4, 0.5) is 0 Å². The molecule has 0 bridgehead atoms. The summed E-state index contributed by atoms with van der Waals surface area (Å²) in [5.41, 5.74) is 0. The molecule has 0 aromatic carbocycles. The van der Waals surface area contributed by atoms with E-state index in [4.69, 9.17) is 5.11 Å². The molecule has 1 saturated carbocycles. The second kappa shape index (κ2) is 7.56. The normalized spacial score (nSPS) is 34.9. The van der Waals surface area contributed by atoms with Crippen molar-refractivity contribution in [3.05, 3.63) is 0 Å². The van der Waals surface area contributed by atoms with Crippen molar-refractivity contribution in [1.82, 2.24) is 10.2 Å². The average Bonchev–Trinajstić information content (AvgIpc) is 2.67. The monoisotopic (exact) mass is 308 g/mol. The molecule has 1 aliphatic carbocycles.